The van der Waals surface area contributed by atoms with Gasteiger partial charge < -0.3 is 10.4 Å². The summed E-state index contributed by atoms with van der Waals surface area (Å²) in [7, 11) is -3.72. The van der Waals surface area contributed by atoms with Crippen LogP contribution < -0.4 is 5.32 Å². The van der Waals surface area contributed by atoms with Gasteiger partial charge in [-0.2, -0.15) is 4.31 Å². The Morgan fingerprint density at radius 3 is 2.48 bits per heavy atom. The Hall–Kier alpha value is -2.00. The third kappa shape index (κ3) is 4.35. The largest absolute Gasteiger partial charge is 0.480 e. The zero-order valence-corrected chi connectivity index (χ0v) is 14.7. The minimum absolute atomic E-state index is 0.0118. The van der Waals surface area contributed by atoms with Crippen molar-refractivity contribution in [1.82, 2.24) is 9.62 Å². The first kappa shape index (κ1) is 19.3. The summed E-state index contributed by atoms with van der Waals surface area (Å²) in [6.45, 7) is 1.20. The quantitative estimate of drug-likeness (QED) is 0.784. The van der Waals surface area contributed by atoms with Crippen molar-refractivity contribution >= 4 is 21.9 Å². The summed E-state index contributed by atoms with van der Waals surface area (Å²) < 4.78 is 39.5. The number of aliphatic carboxylic acids is 1. The van der Waals surface area contributed by atoms with Crippen molar-refractivity contribution in [3.8, 4) is 0 Å². The lowest BCUT2D eigenvalue weighted by atomic mass is 10.1. The lowest BCUT2D eigenvalue weighted by Gasteiger charge is -2.26. The molecular formula is C16H21FN2O5S. The summed E-state index contributed by atoms with van der Waals surface area (Å²) in [6.07, 6.45) is 2.55. The number of carbonyl (C=O) groups is 2. The van der Waals surface area contributed by atoms with Crippen LogP contribution in [0.3, 0.4) is 0 Å². The maximum absolute atomic E-state index is 12.7. The van der Waals surface area contributed by atoms with E-state index in [0.717, 1.165) is 19.3 Å². The molecular weight excluding hydrogens is 351 g/mol. The van der Waals surface area contributed by atoms with E-state index < -0.39 is 34.6 Å². The molecule has 1 amide bonds. The highest BCUT2D eigenvalue weighted by molar-refractivity contribution is 7.89. The maximum Gasteiger partial charge on any atom is 0.328 e. The molecule has 0 radical (unpaired) electrons. The molecule has 2 rings (SSSR count). The Morgan fingerprint density at radius 1 is 1.28 bits per heavy atom. The van der Waals surface area contributed by atoms with Crippen LogP contribution in [0.25, 0.3) is 0 Å². The van der Waals surface area contributed by atoms with Crippen LogP contribution in [0.4, 0.5) is 4.39 Å². The van der Waals surface area contributed by atoms with E-state index >= 15 is 0 Å². The van der Waals surface area contributed by atoms with Crippen molar-refractivity contribution in [2.45, 2.75) is 37.1 Å². The van der Waals surface area contributed by atoms with E-state index in [0.29, 0.717) is 18.7 Å². The number of benzene rings is 1. The van der Waals surface area contributed by atoms with E-state index in [-0.39, 0.29) is 10.5 Å². The molecule has 1 fully saturated rings. The Labute approximate surface area is 145 Å². The van der Waals surface area contributed by atoms with Crippen LogP contribution in [-0.4, -0.2) is 55.5 Å². The zero-order valence-electron chi connectivity index (χ0n) is 13.9. The Bertz CT molecular complexity index is 760. The molecule has 25 heavy (non-hydrogen) atoms. The number of carboxylic acid groups (broad SMARTS) is 1. The number of nitrogens with one attached hydrogen (secondary N) is 1. The topological polar surface area (TPSA) is 104 Å². The van der Waals surface area contributed by atoms with Crippen molar-refractivity contribution in [2.24, 2.45) is 0 Å². The van der Waals surface area contributed by atoms with Crippen LogP contribution in [0.2, 0.25) is 0 Å². The monoisotopic (exact) mass is 372 g/mol. The average Bonchev–Trinajstić information content (AvgIpc) is 2.60. The van der Waals surface area contributed by atoms with Crippen LogP contribution in [0.15, 0.2) is 23.1 Å². The van der Waals surface area contributed by atoms with Crippen molar-refractivity contribution in [3.05, 3.63) is 29.3 Å². The molecule has 0 aliphatic carbocycles. The smallest absolute Gasteiger partial charge is 0.328 e. The maximum atomic E-state index is 12.7. The molecule has 9 heteroatoms. The molecule has 1 aromatic rings. The minimum atomic E-state index is -3.72. The highest BCUT2D eigenvalue weighted by atomic mass is 32.2. The second-order valence-electron chi connectivity index (χ2n) is 5.96. The van der Waals surface area contributed by atoms with E-state index in [1.807, 2.05) is 0 Å². The summed E-state index contributed by atoms with van der Waals surface area (Å²) in [5, 5.41) is 10.9. The van der Waals surface area contributed by atoms with Gasteiger partial charge in [0.1, 0.15) is 6.67 Å². The molecule has 0 bridgehead atoms. The van der Waals surface area contributed by atoms with Crippen LogP contribution in [-0.2, 0) is 14.8 Å². The van der Waals surface area contributed by atoms with Crippen molar-refractivity contribution in [1.29, 1.82) is 0 Å². The van der Waals surface area contributed by atoms with E-state index in [2.05, 4.69) is 5.32 Å². The first-order valence-corrected chi connectivity index (χ1v) is 9.42. The fourth-order valence-electron chi connectivity index (χ4n) is 2.66. The molecule has 1 heterocycles. The Morgan fingerprint density at radius 2 is 1.92 bits per heavy atom. The number of piperidine rings is 1. The predicted molar refractivity (Wildman–Crippen MR) is 88.7 cm³/mol. The summed E-state index contributed by atoms with van der Waals surface area (Å²) in [6, 6.07) is 2.44. The number of aryl methyl sites for hydroxylation is 1. The number of halogens is 1. The predicted octanol–water partition coefficient (Wildman–Crippen LogP) is 1.32. The van der Waals surface area contributed by atoms with Crippen LogP contribution in [0.1, 0.15) is 35.2 Å². The number of amides is 1. The third-order valence-corrected chi connectivity index (χ3v) is 6.06. The van der Waals surface area contributed by atoms with Gasteiger partial charge in [0.2, 0.25) is 10.0 Å². The molecule has 1 atom stereocenters. The van der Waals surface area contributed by atoms with Gasteiger partial charge in [0.05, 0.1) is 4.90 Å². The normalized spacial score (nSPS) is 17.0. The van der Waals surface area contributed by atoms with Crippen molar-refractivity contribution < 1.29 is 27.5 Å². The van der Waals surface area contributed by atoms with E-state index in [1.54, 1.807) is 6.92 Å². The molecule has 138 valence electrons. The van der Waals surface area contributed by atoms with Gasteiger partial charge in [0, 0.05) is 18.7 Å². The van der Waals surface area contributed by atoms with Gasteiger partial charge in [-0.3, -0.25) is 4.79 Å². The average molecular weight is 372 g/mol. The number of carbonyl (C=O) groups excluding carboxylic acids is 1. The standard InChI is InChI=1S/C16H21FN2O5S/c1-11-5-6-12(25(23,24)19-7-3-2-4-8-19)9-13(11)15(20)18-14(10-17)16(21)22/h5-6,9,14H,2-4,7-8,10H2,1H3,(H,18,20)(H,21,22). The molecule has 0 spiro atoms. The Kier molecular flexibility index (Phi) is 6.12. The van der Waals surface area contributed by atoms with Gasteiger partial charge in [-0.15, -0.1) is 0 Å². The number of hydrogen-bond donors (Lipinski definition) is 2. The number of carboxylic acids is 1. The van der Waals surface area contributed by atoms with Crippen molar-refractivity contribution in [2.75, 3.05) is 19.8 Å². The van der Waals surface area contributed by atoms with E-state index in [9.17, 15) is 22.4 Å². The second-order valence-corrected chi connectivity index (χ2v) is 7.90. The van der Waals surface area contributed by atoms with Gasteiger partial charge in [-0.05, 0) is 37.5 Å². The molecule has 1 saturated heterocycles. The SMILES string of the molecule is Cc1ccc(S(=O)(=O)N2CCCCC2)cc1C(=O)NC(CF)C(=O)O. The molecule has 0 aromatic heterocycles. The fraction of sp³-hybridized carbons (Fsp3) is 0.500. The summed E-state index contributed by atoms with van der Waals surface area (Å²) in [5.41, 5.74) is 0.482. The van der Waals surface area contributed by atoms with Gasteiger partial charge in [-0.1, -0.05) is 12.5 Å². The third-order valence-electron chi connectivity index (χ3n) is 4.16. The first-order valence-electron chi connectivity index (χ1n) is 7.98. The van der Waals surface area contributed by atoms with Crippen LogP contribution in [0.5, 0.6) is 0 Å². The van der Waals surface area contributed by atoms with Gasteiger partial charge in [0.25, 0.3) is 5.91 Å². The fourth-order valence-corrected chi connectivity index (χ4v) is 4.21. The summed E-state index contributed by atoms with van der Waals surface area (Å²) >= 11 is 0. The molecule has 0 saturated carbocycles. The van der Waals surface area contributed by atoms with E-state index in [1.165, 1.54) is 22.5 Å². The highest BCUT2D eigenvalue weighted by Gasteiger charge is 2.28. The van der Waals surface area contributed by atoms with Gasteiger partial charge >= 0.3 is 5.97 Å². The van der Waals surface area contributed by atoms with Crippen molar-refractivity contribution in [3.63, 3.8) is 0 Å². The summed E-state index contributed by atoms with van der Waals surface area (Å²) in [4.78, 5) is 23.1. The lowest BCUT2D eigenvalue weighted by molar-refractivity contribution is -0.139. The second kappa shape index (κ2) is 7.92. The lowest BCUT2D eigenvalue weighted by Crippen LogP contribution is -2.42. The van der Waals surface area contributed by atoms with Crippen LogP contribution in [0, 0.1) is 6.92 Å². The minimum Gasteiger partial charge on any atom is -0.480 e. The number of alkyl halides is 1. The summed E-state index contributed by atoms with van der Waals surface area (Å²) in [5.74, 6) is -2.32. The van der Waals surface area contributed by atoms with E-state index in [4.69, 9.17) is 5.11 Å². The molecule has 1 aromatic carbocycles. The van der Waals surface area contributed by atoms with Gasteiger partial charge in [0.15, 0.2) is 6.04 Å². The van der Waals surface area contributed by atoms with Crippen LogP contribution >= 0.6 is 0 Å². The number of nitrogens with zero attached hydrogens (tertiary/aromatic N) is 1. The molecule has 2 N–H and O–H groups in total. The molecule has 7 nitrogen and oxygen atoms in total. The first-order chi connectivity index (χ1) is 11.8. The number of sulfonamides is 1. The molecule has 1 aliphatic heterocycles. The zero-order chi connectivity index (χ0) is 18.6. The molecule has 1 unspecified atom stereocenters. The highest BCUT2D eigenvalue weighted by Crippen LogP contribution is 2.23. The number of rotatable bonds is 6. The molecule has 1 aliphatic rings. The Balaban J connectivity index is 2.30. The number of hydrogen-bond acceptors (Lipinski definition) is 4. The van der Waals surface area contributed by atoms with Gasteiger partial charge in [-0.25, -0.2) is 17.6 Å².